The fraction of sp³-hybridized carbons (Fsp3) is 0.200. The largest absolute Gasteiger partial charge is 0.461 e. The van der Waals surface area contributed by atoms with Crippen LogP contribution >= 0.6 is 0 Å². The van der Waals surface area contributed by atoms with Crippen LogP contribution in [0.25, 0.3) is 21.7 Å². The summed E-state index contributed by atoms with van der Waals surface area (Å²) >= 11 is 0. The first-order chi connectivity index (χ1) is 13.1. The van der Waals surface area contributed by atoms with Gasteiger partial charge in [-0.2, -0.15) is 0 Å². The van der Waals surface area contributed by atoms with E-state index in [-0.39, 0.29) is 12.3 Å². The Hall–Kier alpha value is -3.48. The van der Waals surface area contributed by atoms with E-state index < -0.39 is 11.6 Å². The first-order valence-electron chi connectivity index (χ1n) is 8.60. The van der Waals surface area contributed by atoms with Crippen molar-refractivity contribution in [3.63, 3.8) is 0 Å². The zero-order valence-corrected chi connectivity index (χ0v) is 14.9. The number of ether oxygens (including phenoxy) is 1. The van der Waals surface area contributed by atoms with E-state index in [4.69, 9.17) is 9.15 Å². The average molecular weight is 363 g/mol. The van der Waals surface area contributed by atoms with Gasteiger partial charge in [-0.3, -0.25) is 0 Å². The van der Waals surface area contributed by atoms with Gasteiger partial charge in [-0.15, -0.1) is 5.10 Å². The summed E-state index contributed by atoms with van der Waals surface area (Å²) in [5.41, 5.74) is 1.61. The fourth-order valence-corrected chi connectivity index (χ4v) is 3.15. The smallest absolute Gasteiger partial charge is 0.360 e. The molecule has 7 nitrogen and oxygen atoms in total. The first-order valence-corrected chi connectivity index (χ1v) is 8.60. The fourth-order valence-electron chi connectivity index (χ4n) is 3.15. The number of hydrogen-bond acceptors (Lipinski definition) is 6. The molecule has 2 aromatic carbocycles. The van der Waals surface area contributed by atoms with Gasteiger partial charge in [0.2, 0.25) is 0 Å². The number of hydrogen-bond donors (Lipinski definition) is 0. The Bertz CT molecular complexity index is 1220. The molecular formula is C20H17N3O4. The molecule has 0 N–H and O–H groups in total. The van der Waals surface area contributed by atoms with Crippen LogP contribution in [0.2, 0.25) is 0 Å². The number of fused-ring (bicyclic) bond motifs is 3. The van der Waals surface area contributed by atoms with Gasteiger partial charge >= 0.3 is 11.6 Å². The molecule has 0 unspecified atom stereocenters. The topological polar surface area (TPSA) is 87.2 Å². The maximum Gasteiger partial charge on any atom is 0.360 e. The molecule has 0 bridgehead atoms. The van der Waals surface area contributed by atoms with Gasteiger partial charge in [0, 0.05) is 16.8 Å². The molecule has 0 aliphatic carbocycles. The maximum atomic E-state index is 12.1. The van der Waals surface area contributed by atoms with Gasteiger partial charge < -0.3 is 9.15 Å². The molecule has 0 atom stereocenters. The third kappa shape index (κ3) is 2.97. The Kier molecular flexibility index (Phi) is 4.19. The van der Waals surface area contributed by atoms with Crippen molar-refractivity contribution in [2.75, 3.05) is 6.61 Å². The molecule has 2 heterocycles. The van der Waals surface area contributed by atoms with Gasteiger partial charge in [0.15, 0.2) is 5.69 Å². The lowest BCUT2D eigenvalue weighted by Gasteiger charge is -2.09. The van der Waals surface area contributed by atoms with Gasteiger partial charge in [0.05, 0.1) is 18.8 Å². The van der Waals surface area contributed by atoms with Crippen molar-refractivity contribution in [3.8, 4) is 0 Å². The van der Waals surface area contributed by atoms with Gasteiger partial charge in [-0.25, -0.2) is 14.3 Å². The second kappa shape index (κ2) is 6.68. The van der Waals surface area contributed by atoms with E-state index >= 15 is 0 Å². The standard InChI is InChI=1S/C20H17N3O4/c1-3-26-20(25)18-12(2)23(22-21-18)11-14-10-17(24)27-19-15-7-5-4-6-13(15)8-9-16(14)19/h4-10H,3,11H2,1-2H3. The molecule has 0 aliphatic heterocycles. The highest BCUT2D eigenvalue weighted by Crippen LogP contribution is 2.27. The number of carbonyl (C=O) groups is 1. The minimum atomic E-state index is -0.510. The molecule has 0 spiro atoms. The third-order valence-corrected chi connectivity index (χ3v) is 4.49. The van der Waals surface area contributed by atoms with E-state index in [1.165, 1.54) is 6.07 Å². The molecule has 4 rings (SSSR count). The predicted octanol–water partition coefficient (Wildman–Crippen LogP) is 3.07. The molecule has 0 aliphatic rings. The van der Waals surface area contributed by atoms with Crippen LogP contribution in [-0.4, -0.2) is 27.6 Å². The lowest BCUT2D eigenvalue weighted by atomic mass is 10.0. The predicted molar refractivity (Wildman–Crippen MR) is 99.8 cm³/mol. The molecule has 4 aromatic rings. The Morgan fingerprint density at radius 3 is 2.81 bits per heavy atom. The maximum absolute atomic E-state index is 12.1. The third-order valence-electron chi connectivity index (χ3n) is 4.49. The lowest BCUT2D eigenvalue weighted by molar-refractivity contribution is 0.0518. The van der Waals surface area contributed by atoms with Crippen LogP contribution < -0.4 is 5.63 Å². The number of rotatable bonds is 4. The monoisotopic (exact) mass is 363 g/mol. The van der Waals surface area contributed by atoms with Crippen molar-refractivity contribution in [3.05, 3.63) is 69.8 Å². The normalized spacial score (nSPS) is 11.2. The molecule has 0 radical (unpaired) electrons. The minimum Gasteiger partial charge on any atom is -0.461 e. The molecule has 7 heteroatoms. The molecule has 0 fully saturated rings. The number of esters is 1. The zero-order chi connectivity index (χ0) is 19.0. The summed E-state index contributed by atoms with van der Waals surface area (Å²) in [6, 6.07) is 13.1. The lowest BCUT2D eigenvalue weighted by Crippen LogP contribution is -2.10. The van der Waals surface area contributed by atoms with Crippen molar-refractivity contribution in [1.82, 2.24) is 15.0 Å². The Labute approximate surface area is 154 Å². The number of carbonyl (C=O) groups excluding carboxylic acids is 1. The van der Waals surface area contributed by atoms with Crippen LogP contribution in [0.3, 0.4) is 0 Å². The van der Waals surface area contributed by atoms with E-state index in [0.29, 0.717) is 17.8 Å². The van der Waals surface area contributed by atoms with Gasteiger partial charge in [0.1, 0.15) is 5.58 Å². The van der Waals surface area contributed by atoms with E-state index in [1.807, 2.05) is 36.4 Å². The summed E-state index contributed by atoms with van der Waals surface area (Å²) in [7, 11) is 0. The van der Waals surface area contributed by atoms with Crippen molar-refractivity contribution in [1.29, 1.82) is 0 Å². The van der Waals surface area contributed by atoms with E-state index in [9.17, 15) is 9.59 Å². The summed E-state index contributed by atoms with van der Waals surface area (Å²) in [6.45, 7) is 4.04. The first kappa shape index (κ1) is 17.0. The van der Waals surface area contributed by atoms with Gasteiger partial charge in [-0.05, 0) is 24.8 Å². The van der Waals surface area contributed by atoms with Crippen molar-refractivity contribution in [2.45, 2.75) is 20.4 Å². The van der Waals surface area contributed by atoms with Gasteiger partial charge in [-0.1, -0.05) is 41.6 Å². The SMILES string of the molecule is CCOC(=O)c1nnn(Cc2cc(=O)oc3c2ccc2ccccc23)c1C. The van der Waals surface area contributed by atoms with Crippen LogP contribution in [-0.2, 0) is 11.3 Å². The summed E-state index contributed by atoms with van der Waals surface area (Å²) in [5.74, 6) is -0.510. The van der Waals surface area contributed by atoms with Crippen molar-refractivity contribution < 1.29 is 13.9 Å². The van der Waals surface area contributed by atoms with Crippen LogP contribution in [0.4, 0.5) is 0 Å². The van der Waals surface area contributed by atoms with Crippen LogP contribution in [0.1, 0.15) is 28.7 Å². The highest BCUT2D eigenvalue weighted by atomic mass is 16.5. The molecule has 0 saturated carbocycles. The van der Waals surface area contributed by atoms with E-state index in [0.717, 1.165) is 21.7 Å². The van der Waals surface area contributed by atoms with Gasteiger partial charge in [0.25, 0.3) is 0 Å². The molecule has 27 heavy (non-hydrogen) atoms. The summed E-state index contributed by atoms with van der Waals surface area (Å²) < 4.78 is 12.1. The summed E-state index contributed by atoms with van der Waals surface area (Å²) in [5, 5.41) is 10.7. The molecule has 0 saturated heterocycles. The molecule has 136 valence electrons. The Morgan fingerprint density at radius 1 is 1.19 bits per heavy atom. The molecule has 2 aromatic heterocycles. The highest BCUT2D eigenvalue weighted by molar-refractivity contribution is 6.04. The Morgan fingerprint density at radius 2 is 2.00 bits per heavy atom. The summed E-state index contributed by atoms with van der Waals surface area (Å²) in [6.07, 6.45) is 0. The average Bonchev–Trinajstić information content (AvgIpc) is 3.02. The van der Waals surface area contributed by atoms with Crippen molar-refractivity contribution >= 4 is 27.7 Å². The van der Waals surface area contributed by atoms with E-state index in [1.54, 1.807) is 18.5 Å². The Balaban J connectivity index is 1.82. The molecule has 0 amide bonds. The number of nitrogens with zero attached hydrogens (tertiary/aromatic N) is 3. The molecular weight excluding hydrogens is 346 g/mol. The minimum absolute atomic E-state index is 0.176. The second-order valence-corrected chi connectivity index (χ2v) is 6.16. The van der Waals surface area contributed by atoms with E-state index in [2.05, 4.69) is 10.3 Å². The number of benzene rings is 2. The highest BCUT2D eigenvalue weighted by Gasteiger charge is 2.18. The summed E-state index contributed by atoms with van der Waals surface area (Å²) in [4.78, 5) is 24.1. The quantitative estimate of drug-likeness (QED) is 0.315. The van der Waals surface area contributed by atoms with Crippen molar-refractivity contribution in [2.24, 2.45) is 0 Å². The van der Waals surface area contributed by atoms with Crippen LogP contribution in [0, 0.1) is 6.92 Å². The van der Waals surface area contributed by atoms with Crippen LogP contribution in [0.15, 0.2) is 51.7 Å². The second-order valence-electron chi connectivity index (χ2n) is 6.16. The number of aromatic nitrogens is 3. The van der Waals surface area contributed by atoms with Crippen LogP contribution in [0.5, 0.6) is 0 Å². The zero-order valence-electron chi connectivity index (χ0n) is 14.9.